The molecule has 2 aliphatic rings. The zero-order valence-corrected chi connectivity index (χ0v) is 24.9. The summed E-state index contributed by atoms with van der Waals surface area (Å²) in [6.45, 7) is 2.31. The van der Waals surface area contributed by atoms with E-state index < -0.39 is 73.5 Å². The van der Waals surface area contributed by atoms with Crippen molar-refractivity contribution < 1.29 is 49.6 Å². The first kappa shape index (κ1) is 37.5. The van der Waals surface area contributed by atoms with Crippen molar-refractivity contribution in [3.05, 3.63) is 0 Å². The zero-order chi connectivity index (χ0) is 31.4. The van der Waals surface area contributed by atoms with Crippen LogP contribution in [0.25, 0.3) is 0 Å². The Bertz CT molecular complexity index is 673. The molecule has 16 heteroatoms. The molecule has 0 amide bonds. The van der Waals surface area contributed by atoms with E-state index in [0.29, 0.717) is 13.1 Å². The Kier molecular flexibility index (Phi) is 17.0. The van der Waals surface area contributed by atoms with Crippen molar-refractivity contribution in [2.75, 3.05) is 66.6 Å². The maximum absolute atomic E-state index is 10.3. The minimum Gasteiger partial charge on any atom is -0.389 e. The Hall–Kier alpha value is -0.640. The molecule has 0 aromatic rings. The van der Waals surface area contributed by atoms with Gasteiger partial charge in [0.2, 0.25) is 0 Å². The largest absolute Gasteiger partial charge is 0.389 e. The predicted octanol–water partition coefficient (Wildman–Crippen LogP) is -5.37. The quantitative estimate of drug-likeness (QED) is 0.0610. The Balaban J connectivity index is 1.52. The van der Waals surface area contributed by atoms with Crippen molar-refractivity contribution in [1.29, 1.82) is 0 Å². The zero-order valence-electron chi connectivity index (χ0n) is 24.9. The highest BCUT2D eigenvalue weighted by molar-refractivity contribution is 4.93. The second-order valence-corrected chi connectivity index (χ2v) is 11.6. The van der Waals surface area contributed by atoms with Gasteiger partial charge in [-0.2, -0.15) is 0 Å². The highest BCUT2D eigenvalue weighted by Gasteiger charge is 2.44. The highest BCUT2D eigenvalue weighted by Crippen LogP contribution is 2.21. The van der Waals surface area contributed by atoms with Crippen molar-refractivity contribution in [3.8, 4) is 0 Å². The van der Waals surface area contributed by atoms with Gasteiger partial charge in [-0.15, -0.1) is 0 Å². The molecule has 2 unspecified atom stereocenters. The molecule has 14 N–H and O–H groups in total. The fourth-order valence-electron chi connectivity index (χ4n) is 5.13. The number of aliphatic hydroxyl groups excluding tert-OH is 6. The summed E-state index contributed by atoms with van der Waals surface area (Å²) in [5, 5.41) is 60.7. The average Bonchev–Trinajstić information content (AvgIpc) is 2.95. The molecule has 2 saturated heterocycles. The van der Waals surface area contributed by atoms with Crippen molar-refractivity contribution >= 4 is 0 Å². The lowest BCUT2D eigenvalue weighted by atomic mass is 9.97. The third kappa shape index (κ3) is 11.7. The predicted molar refractivity (Wildman–Crippen MR) is 153 cm³/mol. The van der Waals surface area contributed by atoms with E-state index in [2.05, 4.69) is 0 Å². The van der Waals surface area contributed by atoms with Crippen molar-refractivity contribution in [3.63, 3.8) is 0 Å². The summed E-state index contributed by atoms with van der Waals surface area (Å²) in [5.41, 5.74) is 22.9. The van der Waals surface area contributed by atoms with Gasteiger partial charge in [0.25, 0.3) is 0 Å². The number of aliphatic hydroxyl groups is 6. The van der Waals surface area contributed by atoms with Gasteiger partial charge in [-0.25, -0.2) is 0 Å². The first-order chi connectivity index (χ1) is 19.9. The Labute approximate surface area is 248 Å². The third-order valence-corrected chi connectivity index (χ3v) is 7.74. The maximum atomic E-state index is 10.3. The summed E-state index contributed by atoms with van der Waals surface area (Å²) in [4.78, 5) is 4.02. The Morgan fingerprint density at radius 2 is 1.00 bits per heavy atom. The van der Waals surface area contributed by atoms with Crippen LogP contribution in [0.2, 0.25) is 0 Å². The molecule has 0 aliphatic carbocycles. The van der Waals surface area contributed by atoms with Crippen molar-refractivity contribution in [1.82, 2.24) is 9.80 Å². The van der Waals surface area contributed by atoms with E-state index in [9.17, 15) is 30.6 Å². The first-order valence-electron chi connectivity index (χ1n) is 14.8. The number of hydrogen-bond donors (Lipinski definition) is 10. The molecule has 2 aliphatic heterocycles. The SMILES string of the molecule is CN(CCCCCCN(C)CC(O)CO[C@H]1O[C@H](CN)[C@@H](O)[C@H](O)[C@H]1N)CC(O)CO[C@@H]1O[C@H](CN)[C@@H](O)[C@H](O)[C@H]1N. The number of hydrogen-bond acceptors (Lipinski definition) is 16. The molecular weight excluding hydrogens is 556 g/mol. The molecule has 0 spiro atoms. The topological polar surface area (TPSA) is 269 Å². The third-order valence-electron chi connectivity index (χ3n) is 7.74. The van der Waals surface area contributed by atoms with Gasteiger partial charge in [-0.3, -0.25) is 0 Å². The van der Waals surface area contributed by atoms with Gasteiger partial charge >= 0.3 is 0 Å². The van der Waals surface area contributed by atoms with E-state index >= 15 is 0 Å². The van der Waals surface area contributed by atoms with Gasteiger partial charge in [0.1, 0.15) is 36.6 Å². The number of likely N-dealkylation sites (N-methyl/N-ethyl adjacent to an activating group) is 2. The average molecular weight is 613 g/mol. The van der Waals surface area contributed by atoms with Crippen LogP contribution in [-0.4, -0.2) is 181 Å². The summed E-state index contributed by atoms with van der Waals surface area (Å²) in [5.74, 6) is 0. The van der Waals surface area contributed by atoms with Crippen LogP contribution in [0.4, 0.5) is 0 Å². The molecule has 0 aromatic heterocycles. The number of ether oxygens (including phenoxy) is 4. The van der Waals surface area contributed by atoms with Gasteiger partial charge in [0.15, 0.2) is 12.6 Å². The molecule has 42 heavy (non-hydrogen) atoms. The van der Waals surface area contributed by atoms with Gasteiger partial charge < -0.3 is 82.3 Å². The van der Waals surface area contributed by atoms with Crippen LogP contribution in [-0.2, 0) is 18.9 Å². The lowest BCUT2D eigenvalue weighted by molar-refractivity contribution is -0.262. The second kappa shape index (κ2) is 19.0. The van der Waals surface area contributed by atoms with E-state index in [1.165, 1.54) is 0 Å². The number of nitrogens with zero attached hydrogens (tertiary/aromatic N) is 2. The lowest BCUT2D eigenvalue weighted by Crippen LogP contribution is -2.63. The standard InChI is InChI=1S/C26H56N6O10/c1-31(11-15(33)13-39-25-19(29)23(37)21(35)17(9-27)41-25)7-5-3-4-6-8-32(2)12-16(34)14-40-26-20(30)24(38)22(36)18(10-28)42-26/h15-26,33-38H,3-14,27-30H2,1-2H3/t15?,16?,17-,18-,19-,20-,21-,22-,23-,24-,25-,26+/m1/s1. The molecule has 250 valence electrons. The van der Waals surface area contributed by atoms with E-state index in [-0.39, 0.29) is 26.3 Å². The van der Waals surface area contributed by atoms with Gasteiger partial charge in [0, 0.05) is 26.2 Å². The van der Waals surface area contributed by atoms with E-state index in [1.807, 2.05) is 23.9 Å². The van der Waals surface area contributed by atoms with E-state index in [0.717, 1.165) is 38.8 Å². The highest BCUT2D eigenvalue weighted by atomic mass is 16.7. The number of nitrogens with two attached hydrogens (primary N) is 4. The molecule has 2 heterocycles. The van der Waals surface area contributed by atoms with Gasteiger partial charge in [-0.05, 0) is 40.0 Å². The molecule has 2 fully saturated rings. The normalized spacial score (nSPS) is 35.6. The van der Waals surface area contributed by atoms with Crippen LogP contribution in [0.5, 0.6) is 0 Å². The maximum Gasteiger partial charge on any atom is 0.175 e. The minimum absolute atomic E-state index is 0.00482. The molecule has 0 saturated carbocycles. The molecule has 0 radical (unpaired) electrons. The fraction of sp³-hybridized carbons (Fsp3) is 1.00. The monoisotopic (exact) mass is 612 g/mol. The van der Waals surface area contributed by atoms with E-state index in [4.69, 9.17) is 41.9 Å². The van der Waals surface area contributed by atoms with Crippen molar-refractivity contribution in [2.45, 2.75) is 99.2 Å². The van der Waals surface area contributed by atoms with Crippen LogP contribution < -0.4 is 22.9 Å². The molecule has 0 aromatic carbocycles. The van der Waals surface area contributed by atoms with Crippen LogP contribution >= 0.6 is 0 Å². The summed E-state index contributed by atoms with van der Waals surface area (Å²) in [6, 6.07) is -1.90. The summed E-state index contributed by atoms with van der Waals surface area (Å²) in [7, 11) is 3.83. The Morgan fingerprint density at radius 3 is 1.33 bits per heavy atom. The fourth-order valence-corrected chi connectivity index (χ4v) is 5.13. The summed E-state index contributed by atoms with van der Waals surface area (Å²) < 4.78 is 22.2. The Morgan fingerprint density at radius 1 is 0.643 bits per heavy atom. The van der Waals surface area contributed by atoms with Gasteiger partial charge in [0.05, 0.1) is 37.5 Å². The molecular formula is C26H56N6O10. The molecule has 2 rings (SSSR count). The number of rotatable bonds is 19. The minimum atomic E-state index is -1.23. The second-order valence-electron chi connectivity index (χ2n) is 11.6. The molecule has 12 atom stereocenters. The molecule has 16 nitrogen and oxygen atoms in total. The van der Waals surface area contributed by atoms with E-state index in [1.54, 1.807) is 0 Å². The summed E-state index contributed by atoms with van der Waals surface area (Å²) >= 11 is 0. The van der Waals surface area contributed by atoms with Crippen LogP contribution in [0.3, 0.4) is 0 Å². The smallest absolute Gasteiger partial charge is 0.175 e. The molecule has 0 bridgehead atoms. The van der Waals surface area contributed by atoms with Crippen LogP contribution in [0.1, 0.15) is 25.7 Å². The van der Waals surface area contributed by atoms with Crippen LogP contribution in [0.15, 0.2) is 0 Å². The van der Waals surface area contributed by atoms with Crippen LogP contribution in [0, 0.1) is 0 Å². The number of unbranched alkanes of at least 4 members (excludes halogenated alkanes) is 3. The summed E-state index contributed by atoms with van der Waals surface area (Å²) in [6.07, 6.45) is -5.99. The first-order valence-corrected chi connectivity index (χ1v) is 14.8. The lowest BCUT2D eigenvalue weighted by Gasteiger charge is -2.40. The van der Waals surface area contributed by atoms with Gasteiger partial charge in [-0.1, -0.05) is 12.8 Å². The van der Waals surface area contributed by atoms with Crippen molar-refractivity contribution in [2.24, 2.45) is 22.9 Å².